The van der Waals surface area contributed by atoms with Crippen LogP contribution in [-0.4, -0.2) is 79.9 Å². The number of carbonyl (C=O) groups is 1. The molecule has 8 nitrogen and oxygen atoms in total. The standard InChI is InChI=1S/C28H38N2O6/c1-3-5-20-6-9-22(10-7-20)27-24(31)17-30(28(32)33)18-26(27)36-19-21-8-11-25-23(16-21)29(13-15-35-25)12-4-14-34-2/h6-11,16,24,26-27,31H,3-5,12-15,17-19H2,1-2H3,(H,32,33)/t24-,26?,27?/m1/s1. The molecule has 0 aliphatic carbocycles. The van der Waals surface area contributed by atoms with E-state index in [-0.39, 0.29) is 19.0 Å². The highest BCUT2D eigenvalue weighted by atomic mass is 16.5. The van der Waals surface area contributed by atoms with Gasteiger partial charge in [0.2, 0.25) is 0 Å². The number of amides is 1. The first-order valence-corrected chi connectivity index (χ1v) is 12.9. The summed E-state index contributed by atoms with van der Waals surface area (Å²) in [5, 5.41) is 20.6. The maximum absolute atomic E-state index is 11.7. The van der Waals surface area contributed by atoms with Crippen LogP contribution in [0.15, 0.2) is 42.5 Å². The van der Waals surface area contributed by atoms with Gasteiger partial charge in [-0.1, -0.05) is 43.7 Å². The molecule has 36 heavy (non-hydrogen) atoms. The van der Waals surface area contributed by atoms with Crippen molar-refractivity contribution < 1.29 is 29.2 Å². The van der Waals surface area contributed by atoms with Gasteiger partial charge in [-0.15, -0.1) is 0 Å². The van der Waals surface area contributed by atoms with Gasteiger partial charge in [0, 0.05) is 26.2 Å². The van der Waals surface area contributed by atoms with E-state index in [4.69, 9.17) is 14.2 Å². The largest absolute Gasteiger partial charge is 0.490 e. The number of hydrogen-bond acceptors (Lipinski definition) is 6. The summed E-state index contributed by atoms with van der Waals surface area (Å²) in [6.07, 6.45) is 0.653. The van der Waals surface area contributed by atoms with Gasteiger partial charge in [-0.3, -0.25) is 0 Å². The molecule has 0 spiro atoms. The molecule has 8 heteroatoms. The zero-order valence-electron chi connectivity index (χ0n) is 21.3. The van der Waals surface area contributed by atoms with Crippen molar-refractivity contribution >= 4 is 11.8 Å². The van der Waals surface area contributed by atoms with Crippen molar-refractivity contribution in [1.29, 1.82) is 0 Å². The quantitative estimate of drug-likeness (QED) is 0.480. The first-order chi connectivity index (χ1) is 17.5. The number of aliphatic hydroxyl groups is 1. The normalized spacial score (nSPS) is 21.7. The maximum atomic E-state index is 11.7. The van der Waals surface area contributed by atoms with Crippen LogP contribution in [0.3, 0.4) is 0 Å². The molecule has 0 radical (unpaired) electrons. The fourth-order valence-corrected chi connectivity index (χ4v) is 5.18. The number of benzene rings is 2. The molecule has 1 saturated heterocycles. The number of likely N-dealkylation sites (tertiary alicyclic amines) is 1. The van der Waals surface area contributed by atoms with E-state index in [1.165, 1.54) is 10.5 Å². The number of aryl methyl sites for hydroxylation is 1. The fraction of sp³-hybridized carbons (Fsp3) is 0.536. The molecule has 2 heterocycles. The molecule has 2 N–H and O–H groups in total. The van der Waals surface area contributed by atoms with Crippen LogP contribution in [0.5, 0.6) is 5.75 Å². The molecular formula is C28H38N2O6. The Kier molecular flexibility index (Phi) is 9.07. The van der Waals surface area contributed by atoms with Crippen molar-refractivity contribution in [3.05, 3.63) is 59.2 Å². The van der Waals surface area contributed by atoms with Crippen LogP contribution in [0.1, 0.15) is 42.4 Å². The Balaban J connectivity index is 1.50. The Morgan fingerprint density at radius 1 is 1.14 bits per heavy atom. The van der Waals surface area contributed by atoms with Gasteiger partial charge in [0.15, 0.2) is 0 Å². The predicted octanol–water partition coefficient (Wildman–Crippen LogP) is 3.90. The summed E-state index contributed by atoms with van der Waals surface area (Å²) in [4.78, 5) is 15.3. The molecule has 0 saturated carbocycles. The lowest BCUT2D eigenvalue weighted by atomic mass is 9.84. The van der Waals surface area contributed by atoms with Crippen LogP contribution >= 0.6 is 0 Å². The number of aliphatic hydroxyl groups excluding tert-OH is 1. The fourth-order valence-electron chi connectivity index (χ4n) is 5.18. The minimum atomic E-state index is -1.04. The average Bonchev–Trinajstić information content (AvgIpc) is 2.88. The van der Waals surface area contributed by atoms with Crippen LogP contribution in [0, 0.1) is 0 Å². The zero-order valence-corrected chi connectivity index (χ0v) is 21.3. The van der Waals surface area contributed by atoms with Gasteiger partial charge >= 0.3 is 6.09 Å². The monoisotopic (exact) mass is 498 g/mol. The molecule has 2 aliphatic heterocycles. The number of β-amino-alcohol motifs (C(OH)–C–C–N with tert-alkyl or cyclic N) is 1. The third kappa shape index (κ3) is 6.30. The van der Waals surface area contributed by atoms with Crippen LogP contribution in [0.25, 0.3) is 0 Å². The van der Waals surface area contributed by atoms with Crippen molar-refractivity contribution in [2.24, 2.45) is 0 Å². The smallest absolute Gasteiger partial charge is 0.407 e. The molecule has 2 aliphatic rings. The van der Waals surface area contributed by atoms with Crippen LogP contribution < -0.4 is 9.64 Å². The number of ether oxygens (including phenoxy) is 3. The summed E-state index contributed by atoms with van der Waals surface area (Å²) in [5.41, 5.74) is 4.25. The number of hydrogen-bond donors (Lipinski definition) is 2. The Labute approximate surface area is 213 Å². The summed E-state index contributed by atoms with van der Waals surface area (Å²) >= 11 is 0. The van der Waals surface area contributed by atoms with Gasteiger partial charge in [0.1, 0.15) is 12.4 Å². The molecule has 2 unspecified atom stereocenters. The first-order valence-electron chi connectivity index (χ1n) is 12.9. The number of methoxy groups -OCH3 is 1. The third-order valence-electron chi connectivity index (χ3n) is 7.02. The summed E-state index contributed by atoms with van der Waals surface area (Å²) in [6, 6.07) is 14.3. The van der Waals surface area contributed by atoms with Crippen molar-refractivity contribution in [3.63, 3.8) is 0 Å². The Morgan fingerprint density at radius 3 is 2.64 bits per heavy atom. The van der Waals surface area contributed by atoms with Gasteiger partial charge in [0.05, 0.1) is 44.1 Å². The lowest BCUT2D eigenvalue weighted by Crippen LogP contribution is -2.53. The highest BCUT2D eigenvalue weighted by molar-refractivity contribution is 5.65. The molecule has 0 bridgehead atoms. The summed E-state index contributed by atoms with van der Waals surface area (Å²) < 4.78 is 17.4. The molecule has 0 aromatic heterocycles. The lowest BCUT2D eigenvalue weighted by molar-refractivity contribution is -0.0660. The van der Waals surface area contributed by atoms with E-state index >= 15 is 0 Å². The second kappa shape index (κ2) is 12.4. The van der Waals surface area contributed by atoms with Gasteiger partial charge in [-0.25, -0.2) is 4.79 Å². The topological polar surface area (TPSA) is 91.7 Å². The molecular weight excluding hydrogens is 460 g/mol. The van der Waals surface area contributed by atoms with E-state index < -0.39 is 18.3 Å². The molecule has 1 fully saturated rings. The van der Waals surface area contributed by atoms with Crippen LogP contribution in [0.2, 0.25) is 0 Å². The van der Waals surface area contributed by atoms with Crippen LogP contribution in [0.4, 0.5) is 10.5 Å². The minimum Gasteiger partial charge on any atom is -0.490 e. The van der Waals surface area contributed by atoms with Gasteiger partial charge in [0.25, 0.3) is 0 Å². The van der Waals surface area contributed by atoms with E-state index in [1.54, 1.807) is 7.11 Å². The highest BCUT2D eigenvalue weighted by Gasteiger charge is 2.39. The number of rotatable bonds is 10. The Morgan fingerprint density at radius 2 is 1.92 bits per heavy atom. The van der Waals surface area contributed by atoms with E-state index in [2.05, 4.69) is 30.0 Å². The third-order valence-corrected chi connectivity index (χ3v) is 7.02. The molecule has 2 aromatic rings. The number of carboxylic acid groups (broad SMARTS) is 1. The minimum absolute atomic E-state index is 0.0726. The summed E-state index contributed by atoms with van der Waals surface area (Å²) in [7, 11) is 1.71. The lowest BCUT2D eigenvalue weighted by Gasteiger charge is -2.40. The number of nitrogens with zero attached hydrogens (tertiary/aromatic N) is 2. The summed E-state index contributed by atoms with van der Waals surface area (Å²) in [5.74, 6) is 0.556. The number of fused-ring (bicyclic) bond motifs is 1. The number of anilines is 1. The average molecular weight is 499 g/mol. The van der Waals surface area contributed by atoms with E-state index in [0.29, 0.717) is 19.8 Å². The maximum Gasteiger partial charge on any atom is 0.407 e. The predicted molar refractivity (Wildman–Crippen MR) is 138 cm³/mol. The second-order valence-corrected chi connectivity index (χ2v) is 9.61. The number of piperidine rings is 1. The zero-order chi connectivity index (χ0) is 25.5. The van der Waals surface area contributed by atoms with Gasteiger partial charge < -0.3 is 34.2 Å². The Hall–Kier alpha value is -2.81. The van der Waals surface area contributed by atoms with E-state index in [9.17, 15) is 15.0 Å². The first kappa shape index (κ1) is 26.3. The van der Waals surface area contributed by atoms with Crippen molar-refractivity contribution in [1.82, 2.24) is 4.90 Å². The molecule has 3 atom stereocenters. The molecule has 1 amide bonds. The van der Waals surface area contributed by atoms with Crippen molar-refractivity contribution in [3.8, 4) is 5.75 Å². The molecule has 196 valence electrons. The van der Waals surface area contributed by atoms with E-state index in [1.807, 2.05) is 24.3 Å². The summed E-state index contributed by atoms with van der Waals surface area (Å²) in [6.45, 7) is 5.81. The van der Waals surface area contributed by atoms with Crippen LogP contribution in [-0.2, 0) is 22.5 Å². The van der Waals surface area contributed by atoms with Gasteiger partial charge in [-0.05, 0) is 41.7 Å². The SMILES string of the molecule is CCCc1ccc(C2C(OCc3ccc4c(c3)N(CCCOC)CCO4)CN(C(=O)O)C[C@H]2O)cc1. The van der Waals surface area contributed by atoms with E-state index in [0.717, 1.165) is 54.9 Å². The molecule has 2 aromatic carbocycles. The Bertz CT molecular complexity index is 998. The second-order valence-electron chi connectivity index (χ2n) is 9.61. The van der Waals surface area contributed by atoms with Crippen molar-refractivity contribution in [2.75, 3.05) is 51.4 Å². The van der Waals surface area contributed by atoms with Gasteiger partial charge in [-0.2, -0.15) is 0 Å². The highest BCUT2D eigenvalue weighted by Crippen LogP contribution is 2.35. The molecule has 4 rings (SSSR count). The van der Waals surface area contributed by atoms with Crippen molar-refractivity contribution in [2.45, 2.75) is 50.9 Å².